The number of hydrogen-bond acceptors (Lipinski definition) is 1. The van der Waals surface area contributed by atoms with Gasteiger partial charge in [0.2, 0.25) is 0 Å². The Morgan fingerprint density at radius 1 is 0.850 bits per heavy atom. The zero-order valence-corrected chi connectivity index (χ0v) is 12.3. The average Bonchev–Trinajstić information content (AvgIpc) is 2.50. The van der Waals surface area contributed by atoms with Crippen molar-refractivity contribution < 1.29 is 4.79 Å². The molecule has 0 atom stereocenters. The van der Waals surface area contributed by atoms with E-state index in [4.69, 9.17) is 0 Å². The van der Waals surface area contributed by atoms with Gasteiger partial charge in [0.25, 0.3) is 0 Å². The van der Waals surface area contributed by atoms with Crippen molar-refractivity contribution in [2.75, 3.05) is 0 Å². The van der Waals surface area contributed by atoms with Crippen LogP contribution in [0.3, 0.4) is 0 Å². The number of ketones is 1. The molecular formula is C19H22O. The summed E-state index contributed by atoms with van der Waals surface area (Å²) in [6.07, 6.45) is 2.75. The van der Waals surface area contributed by atoms with E-state index in [1.54, 1.807) is 0 Å². The van der Waals surface area contributed by atoms with E-state index in [0.29, 0.717) is 0 Å². The Hall–Kier alpha value is -1.89. The summed E-state index contributed by atoms with van der Waals surface area (Å²) in [5.41, 5.74) is 3.39. The van der Waals surface area contributed by atoms with Gasteiger partial charge >= 0.3 is 0 Å². The predicted molar refractivity (Wildman–Crippen MR) is 84.1 cm³/mol. The van der Waals surface area contributed by atoms with Gasteiger partial charge in [-0.15, -0.1) is 0 Å². The molecule has 2 aromatic carbocycles. The van der Waals surface area contributed by atoms with Crippen LogP contribution in [0, 0.1) is 5.92 Å². The first kappa shape index (κ1) is 14.5. The first-order chi connectivity index (χ1) is 9.74. The highest BCUT2D eigenvalue weighted by Gasteiger charge is 2.15. The van der Waals surface area contributed by atoms with Crippen molar-refractivity contribution in [2.24, 2.45) is 5.92 Å². The average molecular weight is 266 g/mol. The van der Waals surface area contributed by atoms with Crippen LogP contribution in [0.4, 0.5) is 0 Å². The Bertz CT molecular complexity index is 536. The highest BCUT2D eigenvalue weighted by atomic mass is 16.1. The topological polar surface area (TPSA) is 17.1 Å². The van der Waals surface area contributed by atoms with E-state index in [2.05, 4.69) is 50.2 Å². The molecule has 0 aliphatic rings. The van der Waals surface area contributed by atoms with Crippen LogP contribution in [0.15, 0.2) is 54.6 Å². The van der Waals surface area contributed by atoms with E-state index in [-0.39, 0.29) is 11.7 Å². The van der Waals surface area contributed by atoms with Gasteiger partial charge in [0.05, 0.1) is 0 Å². The highest BCUT2D eigenvalue weighted by Crippen LogP contribution is 2.17. The lowest BCUT2D eigenvalue weighted by Gasteiger charge is -2.11. The summed E-state index contributed by atoms with van der Waals surface area (Å²) in [5.74, 6) is 0.441. The van der Waals surface area contributed by atoms with Crippen molar-refractivity contribution in [3.63, 3.8) is 0 Å². The van der Waals surface area contributed by atoms with E-state index in [9.17, 15) is 4.79 Å². The number of rotatable bonds is 6. The molecule has 0 aliphatic carbocycles. The van der Waals surface area contributed by atoms with E-state index in [1.807, 2.05) is 18.2 Å². The zero-order chi connectivity index (χ0) is 14.4. The molecule has 0 amide bonds. The minimum absolute atomic E-state index is 0.162. The highest BCUT2D eigenvalue weighted by molar-refractivity contribution is 5.97. The van der Waals surface area contributed by atoms with E-state index in [1.165, 1.54) is 11.1 Å². The third kappa shape index (κ3) is 3.57. The smallest absolute Gasteiger partial charge is 0.165 e. The van der Waals surface area contributed by atoms with Crippen LogP contribution in [0.25, 0.3) is 0 Å². The summed E-state index contributed by atoms with van der Waals surface area (Å²) in [7, 11) is 0. The number of carbonyl (C=O) groups is 1. The van der Waals surface area contributed by atoms with Gasteiger partial charge < -0.3 is 0 Å². The molecule has 0 aromatic heterocycles. The van der Waals surface area contributed by atoms with Gasteiger partial charge in [-0.25, -0.2) is 0 Å². The molecule has 104 valence electrons. The Morgan fingerprint density at radius 3 is 1.95 bits per heavy atom. The normalized spacial score (nSPS) is 10.8. The maximum atomic E-state index is 12.3. The lowest BCUT2D eigenvalue weighted by molar-refractivity contribution is 0.0913. The van der Waals surface area contributed by atoms with Crippen molar-refractivity contribution >= 4 is 5.78 Å². The van der Waals surface area contributed by atoms with Gasteiger partial charge in [0, 0.05) is 11.5 Å². The van der Waals surface area contributed by atoms with Crippen molar-refractivity contribution in [1.82, 2.24) is 0 Å². The minimum Gasteiger partial charge on any atom is -0.294 e. The number of carbonyl (C=O) groups excluding carboxylic acids is 1. The summed E-state index contributed by atoms with van der Waals surface area (Å²) in [5, 5.41) is 0. The van der Waals surface area contributed by atoms with Gasteiger partial charge in [-0.1, -0.05) is 68.4 Å². The molecule has 2 aromatic rings. The van der Waals surface area contributed by atoms with Crippen molar-refractivity contribution in [3.8, 4) is 0 Å². The van der Waals surface area contributed by atoms with Gasteiger partial charge in [0.1, 0.15) is 0 Å². The molecule has 1 nitrogen and oxygen atoms in total. The molecule has 0 N–H and O–H groups in total. The van der Waals surface area contributed by atoms with E-state index >= 15 is 0 Å². The summed E-state index contributed by atoms with van der Waals surface area (Å²) in [6.45, 7) is 4.16. The molecule has 0 saturated carbocycles. The van der Waals surface area contributed by atoms with E-state index < -0.39 is 0 Å². The first-order valence-electron chi connectivity index (χ1n) is 7.41. The summed E-state index contributed by atoms with van der Waals surface area (Å²) < 4.78 is 0. The maximum absolute atomic E-state index is 12.3. The Kier molecular flexibility index (Phi) is 5.11. The lowest BCUT2D eigenvalue weighted by Crippen LogP contribution is -2.12. The molecule has 20 heavy (non-hydrogen) atoms. The van der Waals surface area contributed by atoms with Crippen LogP contribution in [-0.2, 0) is 6.42 Å². The molecule has 2 rings (SSSR count). The lowest BCUT2D eigenvalue weighted by atomic mass is 9.92. The standard InChI is InChI=1S/C19H22O/c1-3-17(4-2)19(20)18-12-10-16(11-13-18)14-15-8-6-5-7-9-15/h5-13,17H,3-4,14H2,1-2H3. The van der Waals surface area contributed by atoms with Crippen LogP contribution in [0.2, 0.25) is 0 Å². The molecule has 0 bridgehead atoms. The van der Waals surface area contributed by atoms with Crippen molar-refractivity contribution in [3.05, 3.63) is 71.3 Å². The first-order valence-corrected chi connectivity index (χ1v) is 7.41. The van der Waals surface area contributed by atoms with Crippen LogP contribution >= 0.6 is 0 Å². The summed E-state index contributed by atoms with van der Waals surface area (Å²) in [6, 6.07) is 18.5. The molecule has 0 spiro atoms. The second kappa shape index (κ2) is 7.04. The molecule has 0 saturated heterocycles. The molecule has 0 unspecified atom stereocenters. The Labute approximate surface area is 121 Å². The largest absolute Gasteiger partial charge is 0.294 e. The second-order valence-corrected chi connectivity index (χ2v) is 5.24. The fourth-order valence-electron chi connectivity index (χ4n) is 2.51. The molecule has 0 heterocycles. The number of Topliss-reactive ketones (excluding diaryl/α,β-unsaturated/α-hetero) is 1. The SMILES string of the molecule is CCC(CC)C(=O)c1ccc(Cc2ccccc2)cc1. The van der Waals surface area contributed by atoms with Crippen LogP contribution in [0.1, 0.15) is 48.2 Å². The fourth-order valence-corrected chi connectivity index (χ4v) is 2.51. The van der Waals surface area contributed by atoms with Crippen molar-refractivity contribution in [2.45, 2.75) is 33.1 Å². The third-order valence-electron chi connectivity index (χ3n) is 3.85. The van der Waals surface area contributed by atoms with Gasteiger partial charge in [0.15, 0.2) is 5.78 Å². The quantitative estimate of drug-likeness (QED) is 0.680. The van der Waals surface area contributed by atoms with Gasteiger partial charge in [-0.3, -0.25) is 4.79 Å². The maximum Gasteiger partial charge on any atom is 0.165 e. The van der Waals surface area contributed by atoms with Crippen LogP contribution in [-0.4, -0.2) is 5.78 Å². The predicted octanol–water partition coefficient (Wildman–Crippen LogP) is 4.90. The molecule has 1 heteroatoms. The van der Waals surface area contributed by atoms with Gasteiger partial charge in [-0.05, 0) is 30.4 Å². The molecular weight excluding hydrogens is 244 g/mol. The monoisotopic (exact) mass is 266 g/mol. The van der Waals surface area contributed by atoms with Gasteiger partial charge in [-0.2, -0.15) is 0 Å². The number of hydrogen-bond donors (Lipinski definition) is 0. The molecule has 0 aliphatic heterocycles. The van der Waals surface area contributed by atoms with E-state index in [0.717, 1.165) is 24.8 Å². The summed E-state index contributed by atoms with van der Waals surface area (Å²) in [4.78, 5) is 12.3. The molecule has 0 fully saturated rings. The number of benzene rings is 2. The van der Waals surface area contributed by atoms with Crippen LogP contribution < -0.4 is 0 Å². The summed E-state index contributed by atoms with van der Waals surface area (Å²) >= 11 is 0. The van der Waals surface area contributed by atoms with Crippen molar-refractivity contribution in [1.29, 1.82) is 0 Å². The minimum atomic E-state index is 0.162. The third-order valence-corrected chi connectivity index (χ3v) is 3.85. The Balaban J connectivity index is 2.08. The Morgan fingerprint density at radius 2 is 1.40 bits per heavy atom. The molecule has 0 radical (unpaired) electrons. The zero-order valence-electron chi connectivity index (χ0n) is 12.3. The van der Waals surface area contributed by atoms with Crippen LogP contribution in [0.5, 0.6) is 0 Å². The second-order valence-electron chi connectivity index (χ2n) is 5.24. The fraction of sp³-hybridized carbons (Fsp3) is 0.316.